The fourth-order valence-electron chi connectivity index (χ4n) is 0.539. The summed E-state index contributed by atoms with van der Waals surface area (Å²) in [6, 6.07) is 0. The minimum atomic E-state index is -0.440. The van der Waals surface area contributed by atoms with E-state index in [0.29, 0.717) is 0 Å². The van der Waals surface area contributed by atoms with Crippen LogP contribution >= 0.6 is 0 Å². The van der Waals surface area contributed by atoms with Gasteiger partial charge in [0.05, 0.1) is 5.56 Å². The Kier molecular flexibility index (Phi) is 1.98. The van der Waals surface area contributed by atoms with E-state index in [1.165, 1.54) is 12.4 Å². The SMILES string of the molecule is NNC(=O)c1cnc(N)nc1. The Morgan fingerprint density at radius 2 is 2.00 bits per heavy atom. The summed E-state index contributed by atoms with van der Waals surface area (Å²) in [6.07, 6.45) is 2.59. The van der Waals surface area contributed by atoms with E-state index in [2.05, 4.69) is 9.97 Å². The third-order valence-electron chi connectivity index (χ3n) is 1.07. The second-order valence-electron chi connectivity index (χ2n) is 1.80. The molecule has 6 heteroatoms. The van der Waals surface area contributed by atoms with Gasteiger partial charge in [-0.15, -0.1) is 0 Å². The molecule has 0 aliphatic heterocycles. The molecular weight excluding hydrogens is 146 g/mol. The van der Waals surface area contributed by atoms with Gasteiger partial charge in [-0.05, 0) is 0 Å². The van der Waals surface area contributed by atoms with Crippen LogP contribution < -0.4 is 17.0 Å². The van der Waals surface area contributed by atoms with Crippen molar-refractivity contribution >= 4 is 11.9 Å². The van der Waals surface area contributed by atoms with Gasteiger partial charge in [-0.1, -0.05) is 0 Å². The van der Waals surface area contributed by atoms with Crippen molar-refractivity contribution in [2.75, 3.05) is 5.73 Å². The van der Waals surface area contributed by atoms with Crippen LogP contribution in [0.15, 0.2) is 12.4 Å². The number of anilines is 1. The summed E-state index contributed by atoms with van der Waals surface area (Å²) in [5, 5.41) is 0. The lowest BCUT2D eigenvalue weighted by atomic mass is 10.3. The molecule has 58 valence electrons. The summed E-state index contributed by atoms with van der Waals surface area (Å²) in [5.41, 5.74) is 7.40. The molecule has 0 atom stereocenters. The van der Waals surface area contributed by atoms with Gasteiger partial charge in [-0.2, -0.15) is 0 Å². The first-order valence-electron chi connectivity index (χ1n) is 2.82. The number of rotatable bonds is 1. The molecule has 11 heavy (non-hydrogen) atoms. The predicted molar refractivity (Wildman–Crippen MR) is 38.1 cm³/mol. The van der Waals surface area contributed by atoms with Gasteiger partial charge in [-0.3, -0.25) is 10.2 Å². The van der Waals surface area contributed by atoms with Gasteiger partial charge in [0, 0.05) is 12.4 Å². The zero-order chi connectivity index (χ0) is 8.27. The van der Waals surface area contributed by atoms with Gasteiger partial charge in [0.2, 0.25) is 5.95 Å². The van der Waals surface area contributed by atoms with Crippen LogP contribution in [0.25, 0.3) is 0 Å². The highest BCUT2D eigenvalue weighted by molar-refractivity contribution is 5.93. The normalized spacial score (nSPS) is 9.18. The van der Waals surface area contributed by atoms with Crippen LogP contribution in [0.3, 0.4) is 0 Å². The summed E-state index contributed by atoms with van der Waals surface area (Å²) in [6.45, 7) is 0. The summed E-state index contributed by atoms with van der Waals surface area (Å²) in [7, 11) is 0. The van der Waals surface area contributed by atoms with Gasteiger partial charge < -0.3 is 5.73 Å². The van der Waals surface area contributed by atoms with Gasteiger partial charge in [0.25, 0.3) is 5.91 Å². The average Bonchev–Trinajstić information content (AvgIpc) is 2.05. The number of hydrogen-bond donors (Lipinski definition) is 3. The van der Waals surface area contributed by atoms with E-state index in [9.17, 15) is 4.79 Å². The van der Waals surface area contributed by atoms with Gasteiger partial charge in [0.1, 0.15) is 0 Å². The molecule has 0 fully saturated rings. The van der Waals surface area contributed by atoms with Crippen LogP contribution in [-0.2, 0) is 0 Å². The molecule has 0 aromatic carbocycles. The monoisotopic (exact) mass is 153 g/mol. The van der Waals surface area contributed by atoms with E-state index in [1.807, 2.05) is 5.43 Å². The maximum absolute atomic E-state index is 10.8. The average molecular weight is 153 g/mol. The Hall–Kier alpha value is -1.69. The highest BCUT2D eigenvalue weighted by Gasteiger charge is 2.02. The minimum absolute atomic E-state index is 0.124. The van der Waals surface area contributed by atoms with E-state index < -0.39 is 5.91 Å². The van der Waals surface area contributed by atoms with Crippen LogP contribution in [0.2, 0.25) is 0 Å². The number of aromatic nitrogens is 2. The van der Waals surface area contributed by atoms with Crippen LogP contribution in [0, 0.1) is 0 Å². The summed E-state index contributed by atoms with van der Waals surface area (Å²) < 4.78 is 0. The topological polar surface area (TPSA) is 107 Å². The summed E-state index contributed by atoms with van der Waals surface area (Å²) >= 11 is 0. The molecule has 0 spiro atoms. The third kappa shape index (κ3) is 1.62. The maximum atomic E-state index is 10.8. The fourth-order valence-corrected chi connectivity index (χ4v) is 0.539. The van der Waals surface area contributed by atoms with Gasteiger partial charge in [0.15, 0.2) is 0 Å². The molecule has 1 rings (SSSR count). The maximum Gasteiger partial charge on any atom is 0.268 e. The van der Waals surface area contributed by atoms with Crippen molar-refractivity contribution in [1.82, 2.24) is 15.4 Å². The van der Waals surface area contributed by atoms with E-state index in [1.54, 1.807) is 0 Å². The zero-order valence-corrected chi connectivity index (χ0v) is 5.61. The van der Waals surface area contributed by atoms with E-state index in [4.69, 9.17) is 11.6 Å². The molecule has 0 radical (unpaired) electrons. The van der Waals surface area contributed by atoms with E-state index in [-0.39, 0.29) is 11.5 Å². The lowest BCUT2D eigenvalue weighted by Gasteiger charge is -1.96. The lowest BCUT2D eigenvalue weighted by molar-refractivity contribution is 0.0953. The molecule has 1 aromatic heterocycles. The summed E-state index contributed by atoms with van der Waals surface area (Å²) in [4.78, 5) is 18.0. The molecule has 0 bridgehead atoms. The molecule has 1 heterocycles. The van der Waals surface area contributed by atoms with Gasteiger partial charge in [-0.25, -0.2) is 15.8 Å². The van der Waals surface area contributed by atoms with Crippen LogP contribution in [0.4, 0.5) is 5.95 Å². The fraction of sp³-hybridized carbons (Fsp3) is 0. The second-order valence-corrected chi connectivity index (χ2v) is 1.80. The smallest absolute Gasteiger partial charge is 0.268 e. The van der Waals surface area contributed by atoms with E-state index >= 15 is 0 Å². The Labute approximate surface area is 62.6 Å². The summed E-state index contributed by atoms with van der Waals surface area (Å²) in [5.74, 6) is 4.54. The van der Waals surface area contributed by atoms with Crippen LogP contribution in [-0.4, -0.2) is 15.9 Å². The van der Waals surface area contributed by atoms with Crippen molar-refractivity contribution in [2.45, 2.75) is 0 Å². The number of nitrogens with zero attached hydrogens (tertiary/aromatic N) is 2. The molecular formula is C5H7N5O. The molecule has 1 aromatic rings. The number of carbonyl (C=O) groups is 1. The van der Waals surface area contributed by atoms with Crippen molar-refractivity contribution in [3.05, 3.63) is 18.0 Å². The Morgan fingerprint density at radius 1 is 1.45 bits per heavy atom. The molecule has 0 aliphatic rings. The number of nitrogens with two attached hydrogens (primary N) is 2. The quantitative estimate of drug-likeness (QED) is 0.263. The van der Waals surface area contributed by atoms with Crippen LogP contribution in [0.5, 0.6) is 0 Å². The van der Waals surface area contributed by atoms with E-state index in [0.717, 1.165) is 0 Å². The Bertz CT molecular complexity index is 256. The molecule has 5 N–H and O–H groups in total. The van der Waals surface area contributed by atoms with Gasteiger partial charge >= 0.3 is 0 Å². The number of carbonyl (C=O) groups excluding carboxylic acids is 1. The predicted octanol–water partition coefficient (Wildman–Crippen LogP) is -1.34. The molecule has 6 nitrogen and oxygen atoms in total. The molecule has 0 saturated heterocycles. The number of amides is 1. The largest absolute Gasteiger partial charge is 0.368 e. The van der Waals surface area contributed by atoms with Crippen molar-refractivity contribution in [3.63, 3.8) is 0 Å². The highest BCUT2D eigenvalue weighted by Crippen LogP contribution is 1.94. The van der Waals surface area contributed by atoms with Crippen molar-refractivity contribution < 1.29 is 4.79 Å². The van der Waals surface area contributed by atoms with Crippen LogP contribution in [0.1, 0.15) is 10.4 Å². The van der Waals surface area contributed by atoms with Crippen molar-refractivity contribution in [2.24, 2.45) is 5.84 Å². The number of nitrogens with one attached hydrogen (secondary N) is 1. The second kappa shape index (κ2) is 2.93. The first kappa shape index (κ1) is 7.42. The molecule has 1 amide bonds. The zero-order valence-electron chi connectivity index (χ0n) is 5.61. The van der Waals surface area contributed by atoms with Crippen molar-refractivity contribution in [3.8, 4) is 0 Å². The lowest BCUT2D eigenvalue weighted by Crippen LogP contribution is -2.30. The first-order valence-corrected chi connectivity index (χ1v) is 2.82. The molecule has 0 unspecified atom stereocenters. The Morgan fingerprint density at radius 3 is 2.45 bits per heavy atom. The minimum Gasteiger partial charge on any atom is -0.368 e. The Balaban J connectivity index is 2.90. The van der Waals surface area contributed by atoms with Crippen molar-refractivity contribution in [1.29, 1.82) is 0 Å². The number of hydrazine groups is 1. The first-order chi connectivity index (χ1) is 5.24. The third-order valence-corrected chi connectivity index (χ3v) is 1.07. The standard InChI is InChI=1S/C5H7N5O/c6-5-8-1-3(2-9-5)4(11)10-7/h1-2H,7H2,(H,10,11)(H2,6,8,9). The molecule has 0 saturated carbocycles. The number of nitrogen functional groups attached to an aromatic ring is 2. The number of hydrogen-bond acceptors (Lipinski definition) is 5. The highest BCUT2D eigenvalue weighted by atomic mass is 16.2. The molecule has 0 aliphatic carbocycles.